The molecule has 0 aliphatic rings. The number of halogens is 2. The molecule has 0 bridgehead atoms. The smallest absolute Gasteiger partial charge is 0.146 e. The van der Waals surface area contributed by atoms with Gasteiger partial charge in [0.1, 0.15) is 0 Å². The lowest BCUT2D eigenvalue weighted by Gasteiger charge is -2.09. The molecule has 0 aliphatic heterocycles. The molecule has 74 valence electrons. The molecule has 0 saturated carbocycles. The lowest BCUT2D eigenvalue weighted by molar-refractivity contribution is 0.534. The molecule has 12 heavy (non-hydrogen) atoms. The summed E-state index contributed by atoms with van der Waals surface area (Å²) in [5, 5.41) is 0. The molecule has 0 spiro atoms. The normalized spacial score (nSPS) is 12.5. The third-order valence-electron chi connectivity index (χ3n) is 1.90. The van der Waals surface area contributed by atoms with Gasteiger partial charge in [0.2, 0.25) is 6.69 Å². The second-order valence-corrected chi connectivity index (χ2v) is 12.3. The average Bonchev–Trinajstić information content (AvgIpc) is 1.83. The second-order valence-electron chi connectivity index (χ2n) is 4.06. The molecule has 0 N–H and O–H groups in total. The maximum absolute atomic E-state index is 5.98. The molecule has 0 aromatic rings. The van der Waals surface area contributed by atoms with Gasteiger partial charge in [-0.3, -0.25) is 0 Å². The zero-order valence-corrected chi connectivity index (χ0v) is 10.9. The highest BCUT2D eigenvalue weighted by molar-refractivity contribution is 7.44. The van der Waals surface area contributed by atoms with Crippen molar-refractivity contribution in [3.63, 3.8) is 0 Å². The number of unbranched alkanes of at least 4 members (excludes halogenated alkanes) is 2. The van der Waals surface area contributed by atoms with Gasteiger partial charge in [0.25, 0.3) is 0 Å². The molecule has 0 heterocycles. The summed E-state index contributed by atoms with van der Waals surface area (Å²) in [6, 6.07) is 1.05. The van der Waals surface area contributed by atoms with Crippen LogP contribution in [0, 0.1) is 5.92 Å². The minimum absolute atomic E-state index is 0.834. The van der Waals surface area contributed by atoms with E-state index < -0.39 is 6.69 Å². The summed E-state index contributed by atoms with van der Waals surface area (Å²) >= 11 is 12.0. The molecule has 0 fully saturated rings. The molecule has 0 radical (unpaired) electrons. The quantitative estimate of drug-likeness (QED) is 0.349. The van der Waals surface area contributed by atoms with E-state index in [1.807, 2.05) is 6.55 Å². The van der Waals surface area contributed by atoms with Crippen molar-refractivity contribution in [1.82, 2.24) is 0 Å². The fourth-order valence-electron chi connectivity index (χ4n) is 1.16. The Balaban J connectivity index is 3.12. The van der Waals surface area contributed by atoms with Gasteiger partial charge in [0, 0.05) is 0 Å². The molecule has 0 rings (SSSR count). The molecule has 0 aromatic carbocycles. The zero-order chi connectivity index (χ0) is 9.61. The molecule has 0 aromatic heterocycles. The minimum Gasteiger partial charge on any atom is -0.146 e. The highest BCUT2D eigenvalue weighted by Crippen LogP contribution is 2.23. The van der Waals surface area contributed by atoms with Crippen LogP contribution in [-0.2, 0) is 0 Å². The van der Waals surface area contributed by atoms with Crippen molar-refractivity contribution in [2.75, 3.05) is 0 Å². The number of rotatable bonds is 6. The maximum atomic E-state index is 5.98. The minimum atomic E-state index is -1.79. The van der Waals surface area contributed by atoms with Gasteiger partial charge in [0.05, 0.1) is 0 Å². The predicted molar refractivity (Wildman–Crippen MR) is 61.4 cm³/mol. The first-order valence-electron chi connectivity index (χ1n) is 4.79. The fourth-order valence-corrected chi connectivity index (χ4v) is 2.84. The topological polar surface area (TPSA) is 0 Å². The van der Waals surface area contributed by atoms with Crippen molar-refractivity contribution in [2.45, 2.75) is 52.1 Å². The molecule has 3 heteroatoms. The summed E-state index contributed by atoms with van der Waals surface area (Å²) in [6.07, 6.45) is 5.17. The Kier molecular flexibility index (Phi) is 6.70. The van der Waals surface area contributed by atoms with E-state index in [9.17, 15) is 0 Å². The second kappa shape index (κ2) is 6.28. The van der Waals surface area contributed by atoms with E-state index in [-0.39, 0.29) is 0 Å². The number of hydrogen-bond acceptors (Lipinski definition) is 0. The van der Waals surface area contributed by atoms with Gasteiger partial charge in [-0.2, -0.15) is 0 Å². The van der Waals surface area contributed by atoms with Crippen LogP contribution in [0.2, 0.25) is 12.6 Å². The van der Waals surface area contributed by atoms with Crippen LogP contribution < -0.4 is 0 Å². The summed E-state index contributed by atoms with van der Waals surface area (Å²) in [6.45, 7) is 4.74. The van der Waals surface area contributed by atoms with Gasteiger partial charge in [-0.1, -0.05) is 39.5 Å². The Bertz CT molecular complexity index is 108. The first kappa shape index (κ1) is 12.8. The van der Waals surface area contributed by atoms with Crippen LogP contribution in [0.5, 0.6) is 0 Å². The monoisotopic (exact) mass is 226 g/mol. The van der Waals surface area contributed by atoms with Crippen LogP contribution in [0.25, 0.3) is 0 Å². The fraction of sp³-hybridized carbons (Fsp3) is 1.00. The van der Waals surface area contributed by atoms with Crippen molar-refractivity contribution in [3.05, 3.63) is 0 Å². The Morgan fingerprint density at radius 2 is 1.67 bits per heavy atom. The van der Waals surface area contributed by atoms with Gasteiger partial charge in [-0.25, -0.2) is 0 Å². The summed E-state index contributed by atoms with van der Waals surface area (Å²) in [5.41, 5.74) is 0. The molecule has 0 unspecified atom stereocenters. The Morgan fingerprint density at radius 1 is 1.08 bits per heavy atom. The van der Waals surface area contributed by atoms with Crippen molar-refractivity contribution >= 4 is 28.9 Å². The zero-order valence-electron chi connectivity index (χ0n) is 8.37. The van der Waals surface area contributed by atoms with E-state index in [2.05, 4.69) is 13.8 Å². The van der Waals surface area contributed by atoms with Crippen molar-refractivity contribution < 1.29 is 0 Å². The summed E-state index contributed by atoms with van der Waals surface area (Å²) in [5.74, 6) is 0.834. The standard InChI is InChI=1S/C9H20Cl2Si/c1-9(2)7-5-4-6-8-12(3,10)11/h9H,4-8H2,1-3H3. The molecule has 0 amide bonds. The summed E-state index contributed by atoms with van der Waals surface area (Å²) in [4.78, 5) is 0. The Hall–Kier alpha value is 0.797. The van der Waals surface area contributed by atoms with Gasteiger partial charge in [0.15, 0.2) is 0 Å². The molecule has 0 atom stereocenters. The van der Waals surface area contributed by atoms with Crippen LogP contribution in [-0.4, -0.2) is 6.69 Å². The first-order chi connectivity index (χ1) is 5.42. The highest BCUT2D eigenvalue weighted by atomic mass is 35.7. The Labute approximate surface area is 87.1 Å². The lowest BCUT2D eigenvalue weighted by Crippen LogP contribution is -2.11. The lowest BCUT2D eigenvalue weighted by atomic mass is 10.1. The Morgan fingerprint density at radius 3 is 2.08 bits per heavy atom. The van der Waals surface area contributed by atoms with Gasteiger partial charge in [-0.05, 0) is 18.5 Å². The van der Waals surface area contributed by atoms with Crippen LogP contribution in [0.3, 0.4) is 0 Å². The van der Waals surface area contributed by atoms with Gasteiger partial charge in [-0.15, -0.1) is 22.2 Å². The third kappa shape index (κ3) is 10.8. The van der Waals surface area contributed by atoms with E-state index in [1.54, 1.807) is 0 Å². The largest absolute Gasteiger partial charge is 0.248 e. The van der Waals surface area contributed by atoms with Crippen LogP contribution in [0.4, 0.5) is 0 Å². The van der Waals surface area contributed by atoms with Crippen molar-refractivity contribution in [3.8, 4) is 0 Å². The van der Waals surface area contributed by atoms with Gasteiger partial charge < -0.3 is 0 Å². The first-order valence-corrected chi connectivity index (χ1v) is 9.53. The van der Waals surface area contributed by atoms with Crippen LogP contribution in [0.1, 0.15) is 39.5 Å². The summed E-state index contributed by atoms with van der Waals surface area (Å²) in [7, 11) is 0. The molecular formula is C9H20Cl2Si. The van der Waals surface area contributed by atoms with Crippen LogP contribution >= 0.6 is 22.2 Å². The SMILES string of the molecule is CC(C)CCCCC[Si](C)(Cl)Cl. The van der Waals surface area contributed by atoms with E-state index in [0.29, 0.717) is 0 Å². The predicted octanol–water partition coefficient (Wildman–Crippen LogP) is 4.75. The van der Waals surface area contributed by atoms with Crippen molar-refractivity contribution in [2.24, 2.45) is 5.92 Å². The molecule has 0 aliphatic carbocycles. The van der Waals surface area contributed by atoms with Gasteiger partial charge >= 0.3 is 0 Å². The third-order valence-corrected chi connectivity index (χ3v) is 4.26. The number of hydrogen-bond donors (Lipinski definition) is 0. The van der Waals surface area contributed by atoms with E-state index in [1.165, 1.54) is 25.7 Å². The molecule has 0 nitrogen and oxygen atoms in total. The highest BCUT2D eigenvalue weighted by Gasteiger charge is 2.19. The summed E-state index contributed by atoms with van der Waals surface area (Å²) < 4.78 is 0. The molecule has 0 saturated heterocycles. The maximum Gasteiger partial charge on any atom is 0.248 e. The van der Waals surface area contributed by atoms with Crippen LogP contribution in [0.15, 0.2) is 0 Å². The van der Waals surface area contributed by atoms with E-state index in [0.717, 1.165) is 12.0 Å². The van der Waals surface area contributed by atoms with Crippen molar-refractivity contribution in [1.29, 1.82) is 0 Å². The van der Waals surface area contributed by atoms with E-state index in [4.69, 9.17) is 22.2 Å². The molecular weight excluding hydrogens is 207 g/mol. The average molecular weight is 227 g/mol. The van der Waals surface area contributed by atoms with E-state index >= 15 is 0 Å².